The van der Waals surface area contributed by atoms with Gasteiger partial charge in [0.1, 0.15) is 11.6 Å². The molecule has 0 unspecified atom stereocenters. The van der Waals surface area contributed by atoms with Crippen LogP contribution in [0, 0.1) is 11.6 Å². The summed E-state index contributed by atoms with van der Waals surface area (Å²) in [5, 5.41) is 9.12. The van der Waals surface area contributed by atoms with E-state index < -0.39 is 11.6 Å². The van der Waals surface area contributed by atoms with Crippen molar-refractivity contribution < 1.29 is 8.78 Å². The van der Waals surface area contributed by atoms with Crippen LogP contribution in [0.4, 0.5) is 8.78 Å². The van der Waals surface area contributed by atoms with Crippen LogP contribution in [-0.2, 0) is 19.5 Å². The Morgan fingerprint density at radius 1 is 1.26 bits per heavy atom. The minimum Gasteiger partial charge on any atom is -0.352 e. The first kappa shape index (κ1) is 19.8. The van der Waals surface area contributed by atoms with E-state index in [1.165, 1.54) is 6.07 Å². The molecule has 1 aromatic heterocycles. The highest BCUT2D eigenvalue weighted by Gasteiger charge is 2.06. The topological polar surface area (TPSA) is 49.3 Å². The first-order valence-electron chi connectivity index (χ1n) is 6.94. The molecule has 2 aromatic rings. The molecule has 8 heteroatoms. The predicted octanol–water partition coefficient (Wildman–Crippen LogP) is 3.47. The average molecular weight is 452 g/mol. The lowest BCUT2D eigenvalue weighted by Gasteiger charge is -2.11. The number of halogens is 3. The van der Waals surface area contributed by atoms with Crippen molar-refractivity contribution >= 4 is 41.3 Å². The summed E-state index contributed by atoms with van der Waals surface area (Å²) in [5.41, 5.74) is 1.19. The Morgan fingerprint density at radius 2 is 2.00 bits per heavy atom. The number of aliphatic imine (C=N–C) groups is 1. The van der Waals surface area contributed by atoms with Gasteiger partial charge < -0.3 is 10.6 Å². The molecule has 0 aliphatic rings. The molecule has 23 heavy (non-hydrogen) atoms. The number of guanidine groups is 1. The fraction of sp³-hybridized carbons (Fsp3) is 0.333. The molecule has 0 saturated heterocycles. The smallest absolute Gasteiger partial charge is 0.191 e. The maximum atomic E-state index is 13.5. The van der Waals surface area contributed by atoms with Gasteiger partial charge in [0, 0.05) is 24.5 Å². The lowest BCUT2D eigenvalue weighted by Crippen LogP contribution is -2.36. The summed E-state index contributed by atoms with van der Waals surface area (Å²) in [4.78, 5) is 8.49. The van der Waals surface area contributed by atoms with Crippen molar-refractivity contribution in [1.82, 2.24) is 15.6 Å². The molecule has 4 nitrogen and oxygen atoms in total. The van der Waals surface area contributed by atoms with Crippen molar-refractivity contribution in [3.8, 4) is 0 Å². The molecule has 126 valence electrons. The summed E-state index contributed by atoms with van der Waals surface area (Å²) in [6, 6.07) is 3.38. The number of hydrogen-bond donors (Lipinski definition) is 2. The summed E-state index contributed by atoms with van der Waals surface area (Å²) in [7, 11) is 1.62. The number of aromatic nitrogens is 1. The SMILES string of the molecule is CCc1nc(CNC(=NC)NCc2cc(F)ccc2F)cs1.I. The first-order valence-corrected chi connectivity index (χ1v) is 7.82. The third kappa shape index (κ3) is 6.02. The van der Waals surface area contributed by atoms with E-state index in [4.69, 9.17) is 0 Å². The molecule has 0 amide bonds. The van der Waals surface area contributed by atoms with Crippen LogP contribution in [0.25, 0.3) is 0 Å². The van der Waals surface area contributed by atoms with Crippen LogP contribution in [0.3, 0.4) is 0 Å². The number of thiazole rings is 1. The average Bonchev–Trinajstić information content (AvgIpc) is 2.98. The maximum absolute atomic E-state index is 13.5. The molecule has 1 heterocycles. The van der Waals surface area contributed by atoms with Crippen molar-refractivity contribution in [2.24, 2.45) is 4.99 Å². The molecule has 0 aliphatic carbocycles. The van der Waals surface area contributed by atoms with Gasteiger partial charge in [-0.3, -0.25) is 4.99 Å². The van der Waals surface area contributed by atoms with Gasteiger partial charge >= 0.3 is 0 Å². The van der Waals surface area contributed by atoms with Crippen molar-refractivity contribution in [3.05, 3.63) is 51.5 Å². The Bertz CT molecular complexity index is 661. The summed E-state index contributed by atoms with van der Waals surface area (Å²) < 4.78 is 26.7. The lowest BCUT2D eigenvalue weighted by atomic mass is 10.2. The van der Waals surface area contributed by atoms with Crippen LogP contribution in [-0.4, -0.2) is 18.0 Å². The Balaban J connectivity index is 0.00000264. The normalized spacial score (nSPS) is 11.0. The van der Waals surface area contributed by atoms with Gasteiger partial charge in [-0.05, 0) is 24.6 Å². The Kier molecular flexibility index (Phi) is 8.38. The van der Waals surface area contributed by atoms with Gasteiger partial charge in [-0.1, -0.05) is 6.92 Å². The zero-order valence-electron chi connectivity index (χ0n) is 12.9. The van der Waals surface area contributed by atoms with Crippen LogP contribution < -0.4 is 10.6 Å². The van der Waals surface area contributed by atoms with Crippen molar-refractivity contribution in [2.75, 3.05) is 7.05 Å². The van der Waals surface area contributed by atoms with E-state index in [0.29, 0.717) is 12.5 Å². The van der Waals surface area contributed by atoms with E-state index in [0.717, 1.165) is 29.3 Å². The number of nitrogens with zero attached hydrogens (tertiary/aromatic N) is 2. The van der Waals surface area contributed by atoms with Gasteiger partial charge in [0.05, 0.1) is 17.2 Å². The minimum atomic E-state index is -0.462. The van der Waals surface area contributed by atoms with Gasteiger partial charge in [0.2, 0.25) is 0 Å². The summed E-state index contributed by atoms with van der Waals surface area (Å²) in [6.07, 6.45) is 0.913. The quantitative estimate of drug-likeness (QED) is 0.415. The van der Waals surface area contributed by atoms with Crippen LogP contribution in [0.1, 0.15) is 23.2 Å². The van der Waals surface area contributed by atoms with Crippen LogP contribution >= 0.6 is 35.3 Å². The second-order valence-corrected chi connectivity index (χ2v) is 5.54. The number of benzene rings is 1. The van der Waals surface area contributed by atoms with E-state index >= 15 is 0 Å². The van der Waals surface area contributed by atoms with Crippen molar-refractivity contribution in [1.29, 1.82) is 0 Å². The second kappa shape index (κ2) is 9.76. The summed E-state index contributed by atoms with van der Waals surface area (Å²) >= 11 is 1.62. The Hall–Kier alpha value is -1.29. The van der Waals surface area contributed by atoms with E-state index in [2.05, 4.69) is 27.5 Å². The molecule has 2 rings (SSSR count). The standard InChI is InChI=1S/C15H18F2N4S.HI/c1-3-14-21-12(9-22-14)8-20-15(18-2)19-7-10-6-11(16)4-5-13(10)17;/h4-6,9H,3,7-8H2,1-2H3,(H2,18,19,20);1H. The molecule has 0 radical (unpaired) electrons. The maximum Gasteiger partial charge on any atom is 0.191 e. The Labute approximate surface area is 155 Å². The van der Waals surface area contributed by atoms with E-state index in [1.54, 1.807) is 18.4 Å². The molecule has 0 fully saturated rings. The van der Waals surface area contributed by atoms with Gasteiger partial charge in [-0.2, -0.15) is 0 Å². The van der Waals surface area contributed by atoms with E-state index in [9.17, 15) is 8.78 Å². The molecule has 0 bridgehead atoms. The van der Waals surface area contributed by atoms with Crippen LogP contribution in [0.5, 0.6) is 0 Å². The van der Waals surface area contributed by atoms with Crippen molar-refractivity contribution in [2.45, 2.75) is 26.4 Å². The Morgan fingerprint density at radius 3 is 2.65 bits per heavy atom. The molecule has 0 saturated carbocycles. The lowest BCUT2D eigenvalue weighted by molar-refractivity contribution is 0.581. The number of nitrogens with one attached hydrogen (secondary N) is 2. The molecule has 0 spiro atoms. The minimum absolute atomic E-state index is 0. The first-order chi connectivity index (χ1) is 10.6. The highest BCUT2D eigenvalue weighted by molar-refractivity contribution is 14.0. The second-order valence-electron chi connectivity index (χ2n) is 4.60. The third-order valence-corrected chi connectivity index (χ3v) is 4.06. The van der Waals surface area contributed by atoms with Gasteiger partial charge in [-0.15, -0.1) is 35.3 Å². The monoisotopic (exact) mass is 452 g/mol. The van der Waals surface area contributed by atoms with Crippen LogP contribution in [0.2, 0.25) is 0 Å². The number of hydrogen-bond acceptors (Lipinski definition) is 3. The zero-order valence-corrected chi connectivity index (χ0v) is 16.0. The van der Waals surface area contributed by atoms with Crippen LogP contribution in [0.15, 0.2) is 28.6 Å². The number of aryl methyl sites for hydroxylation is 1. The zero-order chi connectivity index (χ0) is 15.9. The molecule has 1 aromatic carbocycles. The highest BCUT2D eigenvalue weighted by Crippen LogP contribution is 2.10. The van der Waals surface area contributed by atoms with Gasteiger partial charge in [0.15, 0.2) is 5.96 Å². The molecule has 2 N–H and O–H groups in total. The molecular weight excluding hydrogens is 433 g/mol. The van der Waals surface area contributed by atoms with Gasteiger partial charge in [0.25, 0.3) is 0 Å². The summed E-state index contributed by atoms with van der Waals surface area (Å²) in [6.45, 7) is 2.74. The third-order valence-electron chi connectivity index (χ3n) is 3.02. The highest BCUT2D eigenvalue weighted by atomic mass is 127. The fourth-order valence-electron chi connectivity index (χ4n) is 1.85. The molecule has 0 aliphatic heterocycles. The molecular formula is C15H19F2IN4S. The van der Waals surface area contributed by atoms with Crippen molar-refractivity contribution in [3.63, 3.8) is 0 Å². The van der Waals surface area contributed by atoms with E-state index in [-0.39, 0.29) is 36.1 Å². The summed E-state index contributed by atoms with van der Waals surface area (Å²) in [5.74, 6) is -0.401. The largest absolute Gasteiger partial charge is 0.352 e. The predicted molar refractivity (Wildman–Crippen MR) is 100 cm³/mol. The number of rotatable bonds is 5. The fourth-order valence-corrected chi connectivity index (χ4v) is 2.59. The van der Waals surface area contributed by atoms with E-state index in [1.807, 2.05) is 5.38 Å². The van der Waals surface area contributed by atoms with Gasteiger partial charge in [-0.25, -0.2) is 13.8 Å². The molecule has 0 atom stereocenters.